The van der Waals surface area contributed by atoms with E-state index in [2.05, 4.69) is 25.8 Å². The molecular weight excluding hydrogens is 785 g/mol. The zero-order chi connectivity index (χ0) is 43.4. The zero-order valence-electron chi connectivity index (χ0n) is 34.7. The Morgan fingerprint density at radius 1 is 0.839 bits per heavy atom. The number of ether oxygens (including phenoxy) is 1. The fraction of sp³-hybridized carbons (Fsp3) is 0.265. The third kappa shape index (κ3) is 11.5. The highest BCUT2D eigenvalue weighted by atomic mass is 16.6. The van der Waals surface area contributed by atoms with Crippen molar-refractivity contribution in [1.29, 1.82) is 0 Å². The average Bonchev–Trinajstić information content (AvgIpc) is 3.29. The zero-order valence-corrected chi connectivity index (χ0v) is 34.7. The maximum Gasteiger partial charge on any atom is 0.411 e. The van der Waals surface area contributed by atoms with Crippen LogP contribution in [0, 0.1) is 0 Å². The number of aromatic nitrogens is 1. The SMILES string of the molecule is CN(C(=O)CCN1CCC(OC(=O)Nc2ccccc2-c2ccccc2)CC1)c1ccc(CC(=O)NCc2cccc(CNC[C@H](O)c3ccc(O)c4[nH]c(=O)ccc34)c2)cc1. The summed E-state index contributed by atoms with van der Waals surface area (Å²) in [7, 11) is 1.76. The van der Waals surface area contributed by atoms with Crippen LogP contribution in [0.3, 0.4) is 0 Å². The van der Waals surface area contributed by atoms with Crippen molar-refractivity contribution in [3.63, 3.8) is 0 Å². The van der Waals surface area contributed by atoms with Gasteiger partial charge in [0.1, 0.15) is 11.9 Å². The van der Waals surface area contributed by atoms with Crippen LogP contribution in [-0.4, -0.2) is 77.3 Å². The largest absolute Gasteiger partial charge is 0.506 e. The number of fused-ring (bicyclic) bond motifs is 1. The third-order valence-corrected chi connectivity index (χ3v) is 11.2. The molecule has 5 aromatic carbocycles. The number of para-hydroxylation sites is 1. The predicted molar refractivity (Wildman–Crippen MR) is 241 cm³/mol. The molecule has 320 valence electrons. The van der Waals surface area contributed by atoms with Gasteiger partial charge in [0, 0.05) is 75.4 Å². The lowest BCUT2D eigenvalue weighted by atomic mass is 10.0. The number of nitrogens with zero attached hydrogens (tertiary/aromatic N) is 2. The Balaban J connectivity index is 0.791. The first kappa shape index (κ1) is 43.3. The van der Waals surface area contributed by atoms with Crippen molar-refractivity contribution >= 4 is 40.2 Å². The second-order valence-corrected chi connectivity index (χ2v) is 15.6. The number of likely N-dealkylation sites (tertiary alicyclic amines) is 1. The van der Waals surface area contributed by atoms with E-state index in [-0.39, 0.29) is 47.7 Å². The van der Waals surface area contributed by atoms with Crippen LogP contribution in [0.1, 0.15) is 47.6 Å². The Morgan fingerprint density at radius 3 is 2.34 bits per heavy atom. The molecule has 0 aliphatic carbocycles. The molecule has 1 aromatic heterocycles. The van der Waals surface area contributed by atoms with Crippen LogP contribution in [0.5, 0.6) is 5.75 Å². The molecule has 0 unspecified atom stereocenters. The molecule has 62 heavy (non-hydrogen) atoms. The minimum Gasteiger partial charge on any atom is -0.506 e. The average molecular weight is 837 g/mol. The molecule has 1 aliphatic heterocycles. The van der Waals surface area contributed by atoms with Crippen LogP contribution >= 0.6 is 0 Å². The molecule has 6 N–H and O–H groups in total. The number of pyridine rings is 1. The molecule has 6 aromatic rings. The van der Waals surface area contributed by atoms with Crippen molar-refractivity contribution in [2.24, 2.45) is 0 Å². The van der Waals surface area contributed by atoms with E-state index < -0.39 is 12.2 Å². The summed E-state index contributed by atoms with van der Waals surface area (Å²) in [6, 6.07) is 38.8. The van der Waals surface area contributed by atoms with Gasteiger partial charge >= 0.3 is 6.09 Å². The second kappa shape index (κ2) is 20.6. The first-order valence-electron chi connectivity index (χ1n) is 20.9. The molecule has 2 heterocycles. The number of hydrogen-bond acceptors (Lipinski definition) is 9. The van der Waals surface area contributed by atoms with Crippen molar-refractivity contribution in [3.05, 3.63) is 160 Å². The molecule has 0 bridgehead atoms. The molecule has 1 aliphatic rings. The lowest BCUT2D eigenvalue weighted by Crippen LogP contribution is -2.40. The van der Waals surface area contributed by atoms with Gasteiger partial charge in [0.2, 0.25) is 17.4 Å². The number of carbonyl (C=O) groups excluding carboxylic acids is 3. The maximum absolute atomic E-state index is 13.1. The number of carbonyl (C=O) groups is 3. The number of nitrogens with one attached hydrogen (secondary N) is 4. The van der Waals surface area contributed by atoms with Gasteiger partial charge in [0.25, 0.3) is 0 Å². The van der Waals surface area contributed by atoms with Crippen LogP contribution < -0.4 is 26.4 Å². The van der Waals surface area contributed by atoms with E-state index >= 15 is 0 Å². The van der Waals surface area contributed by atoms with E-state index in [1.807, 2.05) is 103 Å². The summed E-state index contributed by atoms with van der Waals surface area (Å²) in [6.45, 7) is 3.15. The van der Waals surface area contributed by atoms with Gasteiger partial charge in [-0.3, -0.25) is 19.7 Å². The van der Waals surface area contributed by atoms with Crippen molar-refractivity contribution in [1.82, 2.24) is 20.5 Å². The maximum atomic E-state index is 13.1. The van der Waals surface area contributed by atoms with Gasteiger partial charge in [-0.15, -0.1) is 0 Å². The second-order valence-electron chi connectivity index (χ2n) is 15.6. The number of benzene rings is 5. The summed E-state index contributed by atoms with van der Waals surface area (Å²) in [5.41, 5.74) is 6.67. The predicted octanol–water partition coefficient (Wildman–Crippen LogP) is 6.65. The molecule has 1 atom stereocenters. The Labute approximate surface area is 360 Å². The van der Waals surface area contributed by atoms with Crippen LogP contribution in [0.4, 0.5) is 16.2 Å². The van der Waals surface area contributed by atoms with Gasteiger partial charge < -0.3 is 40.4 Å². The van der Waals surface area contributed by atoms with Gasteiger partial charge in [-0.05, 0) is 71.0 Å². The highest BCUT2D eigenvalue weighted by Crippen LogP contribution is 2.30. The van der Waals surface area contributed by atoms with Gasteiger partial charge in [0.05, 0.1) is 23.7 Å². The number of aromatic hydroxyl groups is 1. The molecule has 1 fully saturated rings. The Hall–Kier alpha value is -6.80. The summed E-state index contributed by atoms with van der Waals surface area (Å²) >= 11 is 0. The van der Waals surface area contributed by atoms with Gasteiger partial charge in [-0.2, -0.15) is 0 Å². The monoisotopic (exact) mass is 836 g/mol. The lowest BCUT2D eigenvalue weighted by Gasteiger charge is -2.31. The summed E-state index contributed by atoms with van der Waals surface area (Å²) in [4.78, 5) is 57.0. The summed E-state index contributed by atoms with van der Waals surface area (Å²) in [5.74, 6) is -0.196. The third-order valence-electron chi connectivity index (χ3n) is 11.2. The Morgan fingerprint density at radius 2 is 1.56 bits per heavy atom. The van der Waals surface area contributed by atoms with E-state index in [1.54, 1.807) is 24.1 Å². The van der Waals surface area contributed by atoms with Crippen LogP contribution in [0.2, 0.25) is 0 Å². The quantitative estimate of drug-likeness (QED) is 0.0624. The fourth-order valence-electron chi connectivity index (χ4n) is 7.72. The molecule has 0 saturated carbocycles. The number of piperidine rings is 1. The molecule has 7 rings (SSSR count). The number of phenolic OH excluding ortho intramolecular Hbond substituents is 1. The first-order valence-corrected chi connectivity index (χ1v) is 20.9. The minimum atomic E-state index is -0.873. The van der Waals surface area contributed by atoms with Crippen molar-refractivity contribution in [2.75, 3.05) is 43.4 Å². The van der Waals surface area contributed by atoms with Gasteiger partial charge in [-0.1, -0.05) is 91.0 Å². The number of H-pyrrole nitrogens is 1. The van der Waals surface area contributed by atoms with Crippen molar-refractivity contribution in [3.8, 4) is 16.9 Å². The standard InChI is InChI=1S/C49H52N6O7/c1-54(47(60)24-27-55-25-22-38(23-26-55)62-49(61)52-42-13-6-5-12-39(42)36-10-3-2-4-11-36)37-16-14-33(15-17-37)29-46(59)51-31-35-9-7-8-34(28-35)30-50-32-44(57)40-18-20-43(56)48-41(40)19-21-45(58)53-48/h2-21,28,38,44,50,56-57H,22-27,29-32H2,1H3,(H,51,59)(H,52,61)(H,53,58)/t44-/m0/s1. The number of rotatable bonds is 16. The molecule has 13 nitrogen and oxygen atoms in total. The Kier molecular flexibility index (Phi) is 14.4. The van der Waals surface area contributed by atoms with Crippen LogP contribution in [-0.2, 0) is 33.8 Å². The number of hydrogen-bond donors (Lipinski definition) is 6. The number of aliphatic hydroxyl groups is 1. The van der Waals surface area contributed by atoms with Crippen molar-refractivity contribution < 1.29 is 29.3 Å². The van der Waals surface area contributed by atoms with Crippen molar-refractivity contribution in [2.45, 2.75) is 51.0 Å². The van der Waals surface area contributed by atoms with E-state index in [1.165, 1.54) is 12.1 Å². The molecule has 0 radical (unpaired) electrons. The minimum absolute atomic E-state index is 0.0106. The molecule has 0 spiro atoms. The highest BCUT2D eigenvalue weighted by molar-refractivity contribution is 5.93. The summed E-state index contributed by atoms with van der Waals surface area (Å²) in [6.07, 6.45) is 0.388. The fourth-order valence-corrected chi connectivity index (χ4v) is 7.72. The normalized spacial score (nSPS) is 13.6. The highest BCUT2D eigenvalue weighted by Gasteiger charge is 2.24. The van der Waals surface area contributed by atoms with Crippen LogP contribution in [0.25, 0.3) is 22.0 Å². The number of aromatic amines is 1. The molecule has 13 heteroatoms. The Bertz CT molecular complexity index is 2540. The van der Waals surface area contributed by atoms with E-state index in [4.69, 9.17) is 4.74 Å². The van der Waals surface area contributed by atoms with Crippen LogP contribution in [0.15, 0.2) is 132 Å². The lowest BCUT2D eigenvalue weighted by molar-refractivity contribution is -0.120. The van der Waals surface area contributed by atoms with E-state index in [0.29, 0.717) is 55.5 Å². The topological polar surface area (TPSA) is 176 Å². The first-order chi connectivity index (χ1) is 30.1. The van der Waals surface area contributed by atoms with E-state index in [0.717, 1.165) is 46.6 Å². The molecule has 1 saturated heterocycles. The number of aliphatic hydroxyl groups excluding tert-OH is 1. The van der Waals surface area contributed by atoms with Gasteiger partial charge in [-0.25, -0.2) is 4.79 Å². The number of anilines is 2. The smallest absolute Gasteiger partial charge is 0.411 e. The number of phenols is 1. The molecular formula is C49H52N6O7. The molecule has 3 amide bonds. The van der Waals surface area contributed by atoms with E-state index in [9.17, 15) is 29.4 Å². The number of amides is 3. The summed E-state index contributed by atoms with van der Waals surface area (Å²) in [5, 5.41) is 30.8. The summed E-state index contributed by atoms with van der Waals surface area (Å²) < 4.78 is 5.77. The van der Waals surface area contributed by atoms with Gasteiger partial charge in [0.15, 0.2) is 0 Å².